The van der Waals surface area contributed by atoms with E-state index >= 15 is 0 Å². The van der Waals surface area contributed by atoms with E-state index in [0.29, 0.717) is 0 Å². The maximum atomic E-state index is 13.2. The summed E-state index contributed by atoms with van der Waals surface area (Å²) in [5, 5.41) is 17.6. The van der Waals surface area contributed by atoms with E-state index in [1.807, 2.05) is 0 Å². The van der Waals surface area contributed by atoms with Gasteiger partial charge >= 0.3 is 0 Å². The largest absolute Gasteiger partial charge is 0.395 e. The van der Waals surface area contributed by atoms with Gasteiger partial charge in [0.25, 0.3) is 0 Å². The molecule has 0 spiro atoms. The Balaban J connectivity index is 3.03. The van der Waals surface area contributed by atoms with Gasteiger partial charge in [-0.25, -0.2) is 17.5 Å². The molecule has 0 fully saturated rings. The van der Waals surface area contributed by atoms with Gasteiger partial charge in [0.15, 0.2) is 0 Å². The van der Waals surface area contributed by atoms with Gasteiger partial charge in [0.1, 0.15) is 11.9 Å². The Bertz CT molecular complexity index is 610. The third-order valence-corrected chi connectivity index (χ3v) is 5.47. The standard InChI is InChI=1S/C12H15FN2O3S2/c1-8(12(7-16)19-2)15-20(17,18)10-3-4-11(13)9(5-10)6-14/h3-5,8,12,15-16H,7H2,1-2H3. The molecule has 2 unspecified atom stereocenters. The molecule has 8 heteroatoms. The second kappa shape index (κ2) is 7.04. The molecule has 0 aliphatic rings. The highest BCUT2D eigenvalue weighted by Gasteiger charge is 2.23. The van der Waals surface area contributed by atoms with Crippen LogP contribution >= 0.6 is 11.8 Å². The average Bonchev–Trinajstić information content (AvgIpc) is 2.39. The lowest BCUT2D eigenvalue weighted by Crippen LogP contribution is -2.41. The van der Waals surface area contributed by atoms with E-state index in [2.05, 4.69) is 4.72 Å². The van der Waals surface area contributed by atoms with Crippen LogP contribution in [0.25, 0.3) is 0 Å². The van der Waals surface area contributed by atoms with Crippen LogP contribution in [0.4, 0.5) is 4.39 Å². The molecule has 0 amide bonds. The predicted molar refractivity (Wildman–Crippen MR) is 75.3 cm³/mol. The highest BCUT2D eigenvalue weighted by molar-refractivity contribution is 7.99. The first-order chi connectivity index (χ1) is 9.35. The van der Waals surface area contributed by atoms with Gasteiger partial charge in [-0.2, -0.15) is 17.0 Å². The van der Waals surface area contributed by atoms with E-state index in [1.54, 1.807) is 19.2 Å². The quantitative estimate of drug-likeness (QED) is 0.819. The number of rotatable bonds is 6. The number of nitrogens with one attached hydrogen (secondary N) is 1. The molecule has 5 nitrogen and oxygen atoms in total. The van der Waals surface area contributed by atoms with E-state index in [-0.39, 0.29) is 22.3 Å². The summed E-state index contributed by atoms with van der Waals surface area (Å²) in [6.07, 6.45) is 1.76. The molecule has 0 aliphatic carbocycles. The van der Waals surface area contributed by atoms with E-state index in [9.17, 15) is 12.8 Å². The number of hydrogen-bond donors (Lipinski definition) is 2. The Hall–Kier alpha value is -1.14. The molecular formula is C12H15FN2O3S2. The Labute approximate surface area is 121 Å². The molecule has 20 heavy (non-hydrogen) atoms. The van der Waals surface area contributed by atoms with Gasteiger partial charge in [-0.3, -0.25) is 0 Å². The molecule has 0 heterocycles. The van der Waals surface area contributed by atoms with Crippen molar-refractivity contribution in [3.63, 3.8) is 0 Å². The van der Waals surface area contributed by atoms with Crippen molar-refractivity contribution in [3.8, 4) is 6.07 Å². The third-order valence-electron chi connectivity index (χ3n) is 2.75. The van der Waals surface area contributed by atoms with Crippen molar-refractivity contribution in [3.05, 3.63) is 29.6 Å². The third kappa shape index (κ3) is 3.93. The summed E-state index contributed by atoms with van der Waals surface area (Å²) < 4.78 is 39.8. The molecule has 0 aliphatic heterocycles. The number of nitrogens with zero attached hydrogens (tertiary/aromatic N) is 1. The Morgan fingerprint density at radius 3 is 2.70 bits per heavy atom. The molecule has 2 atom stereocenters. The van der Waals surface area contributed by atoms with Gasteiger partial charge in [0, 0.05) is 11.3 Å². The van der Waals surface area contributed by atoms with Crippen LogP contribution in [-0.4, -0.2) is 37.7 Å². The predicted octanol–water partition coefficient (Wildman–Crippen LogP) is 1.09. The molecular weight excluding hydrogens is 303 g/mol. The first kappa shape index (κ1) is 16.9. The SMILES string of the molecule is CSC(CO)C(C)NS(=O)(=O)c1ccc(F)c(C#N)c1. The molecule has 0 radical (unpaired) electrons. The highest BCUT2D eigenvalue weighted by atomic mass is 32.2. The highest BCUT2D eigenvalue weighted by Crippen LogP contribution is 2.17. The Kier molecular flexibility index (Phi) is 5.95. The van der Waals surface area contributed by atoms with Crippen molar-refractivity contribution in [2.45, 2.75) is 23.1 Å². The number of benzene rings is 1. The number of aliphatic hydroxyl groups is 1. The van der Waals surface area contributed by atoms with Gasteiger partial charge in [0.2, 0.25) is 10.0 Å². The van der Waals surface area contributed by atoms with Gasteiger partial charge in [-0.15, -0.1) is 0 Å². The van der Waals surface area contributed by atoms with Crippen molar-refractivity contribution in [1.29, 1.82) is 5.26 Å². The van der Waals surface area contributed by atoms with Gasteiger partial charge in [-0.05, 0) is 31.4 Å². The molecule has 110 valence electrons. The minimum absolute atomic E-state index is 0.169. The van der Waals surface area contributed by atoms with Crippen LogP contribution in [0, 0.1) is 17.1 Å². The molecule has 0 saturated heterocycles. The van der Waals surface area contributed by atoms with Gasteiger partial charge in [0.05, 0.1) is 17.1 Å². The van der Waals surface area contributed by atoms with Crippen molar-refractivity contribution >= 4 is 21.8 Å². The van der Waals surface area contributed by atoms with E-state index in [1.165, 1.54) is 11.8 Å². The summed E-state index contributed by atoms with van der Waals surface area (Å²) in [5.74, 6) is -0.767. The lowest BCUT2D eigenvalue weighted by atomic mass is 10.2. The first-order valence-corrected chi connectivity index (χ1v) is 8.48. The number of aliphatic hydroxyl groups excluding tert-OH is 1. The van der Waals surface area contributed by atoms with Crippen molar-refractivity contribution in [2.24, 2.45) is 0 Å². The molecule has 0 aromatic heterocycles. The van der Waals surface area contributed by atoms with E-state index in [0.717, 1.165) is 18.2 Å². The number of thioether (sulfide) groups is 1. The van der Waals surface area contributed by atoms with Crippen LogP contribution in [0.3, 0.4) is 0 Å². The van der Waals surface area contributed by atoms with Crippen LogP contribution in [0.2, 0.25) is 0 Å². The monoisotopic (exact) mass is 318 g/mol. The smallest absolute Gasteiger partial charge is 0.240 e. The average molecular weight is 318 g/mol. The summed E-state index contributed by atoms with van der Waals surface area (Å²) in [4.78, 5) is -0.180. The second-order valence-corrected chi connectivity index (χ2v) is 6.91. The molecule has 0 bridgehead atoms. The minimum atomic E-state index is -3.87. The van der Waals surface area contributed by atoms with Crippen LogP contribution < -0.4 is 4.72 Å². The fourth-order valence-corrected chi connectivity index (χ4v) is 3.60. The minimum Gasteiger partial charge on any atom is -0.395 e. The maximum absolute atomic E-state index is 13.2. The summed E-state index contributed by atoms with van der Waals surface area (Å²) >= 11 is 1.33. The van der Waals surface area contributed by atoms with E-state index < -0.39 is 21.9 Å². The lowest BCUT2D eigenvalue weighted by molar-refractivity contribution is 0.282. The molecule has 1 aromatic carbocycles. The topological polar surface area (TPSA) is 90.2 Å². The molecule has 1 rings (SSSR count). The zero-order valence-electron chi connectivity index (χ0n) is 11.0. The lowest BCUT2D eigenvalue weighted by Gasteiger charge is -2.21. The summed E-state index contributed by atoms with van der Waals surface area (Å²) in [6, 6.07) is 4.11. The molecule has 0 saturated carbocycles. The zero-order chi connectivity index (χ0) is 15.3. The summed E-state index contributed by atoms with van der Waals surface area (Å²) in [6.45, 7) is 1.46. The fourth-order valence-electron chi connectivity index (χ4n) is 1.58. The Morgan fingerprint density at radius 2 is 2.20 bits per heavy atom. The summed E-state index contributed by atoms with van der Waals surface area (Å²) in [7, 11) is -3.87. The number of sulfonamides is 1. The molecule has 2 N–H and O–H groups in total. The first-order valence-electron chi connectivity index (χ1n) is 5.71. The van der Waals surface area contributed by atoms with Crippen LogP contribution in [0.1, 0.15) is 12.5 Å². The van der Waals surface area contributed by atoms with Gasteiger partial charge < -0.3 is 5.11 Å². The zero-order valence-corrected chi connectivity index (χ0v) is 12.6. The van der Waals surface area contributed by atoms with Crippen LogP contribution in [-0.2, 0) is 10.0 Å². The van der Waals surface area contributed by atoms with Crippen molar-refractivity contribution < 1.29 is 17.9 Å². The van der Waals surface area contributed by atoms with Crippen LogP contribution in [0.5, 0.6) is 0 Å². The number of nitriles is 1. The normalized spacial score (nSPS) is 14.6. The second-order valence-electron chi connectivity index (χ2n) is 4.12. The fraction of sp³-hybridized carbons (Fsp3) is 0.417. The number of halogens is 1. The van der Waals surface area contributed by atoms with Crippen molar-refractivity contribution in [2.75, 3.05) is 12.9 Å². The van der Waals surface area contributed by atoms with Crippen LogP contribution in [0.15, 0.2) is 23.1 Å². The summed E-state index contributed by atoms with van der Waals surface area (Å²) in [5.41, 5.74) is -0.330. The molecule has 1 aromatic rings. The maximum Gasteiger partial charge on any atom is 0.240 e. The number of hydrogen-bond acceptors (Lipinski definition) is 5. The Morgan fingerprint density at radius 1 is 1.55 bits per heavy atom. The van der Waals surface area contributed by atoms with E-state index in [4.69, 9.17) is 10.4 Å². The van der Waals surface area contributed by atoms with Crippen molar-refractivity contribution in [1.82, 2.24) is 4.72 Å². The van der Waals surface area contributed by atoms with Gasteiger partial charge in [-0.1, -0.05) is 0 Å².